The van der Waals surface area contributed by atoms with Crippen molar-refractivity contribution in [3.8, 4) is 5.75 Å². The molecule has 1 unspecified atom stereocenters. The van der Waals surface area contributed by atoms with Crippen molar-refractivity contribution in [2.45, 2.75) is 10.8 Å². The van der Waals surface area contributed by atoms with Crippen LogP contribution >= 0.6 is 11.8 Å². The summed E-state index contributed by atoms with van der Waals surface area (Å²) in [5.74, 6) is 1.47. The molecule has 1 aliphatic rings. The first-order chi connectivity index (χ1) is 9.38. The average molecular weight is 271 g/mol. The normalized spacial score (nSPS) is 16.8. The first-order valence-electron chi connectivity index (χ1n) is 6.47. The molecule has 0 aromatic heterocycles. The van der Waals surface area contributed by atoms with Crippen molar-refractivity contribution in [1.29, 1.82) is 0 Å². The highest BCUT2D eigenvalue weighted by molar-refractivity contribution is 7.98. The lowest BCUT2D eigenvalue weighted by Gasteiger charge is -2.14. The predicted molar refractivity (Wildman–Crippen MR) is 81.4 cm³/mol. The van der Waals surface area contributed by atoms with Gasteiger partial charge in [0.2, 0.25) is 0 Å². The van der Waals surface area contributed by atoms with Crippen LogP contribution in [0.4, 0.5) is 5.69 Å². The Labute approximate surface area is 118 Å². The lowest BCUT2D eigenvalue weighted by Crippen LogP contribution is -2.14. The molecule has 0 aliphatic carbocycles. The second kappa shape index (κ2) is 5.57. The van der Waals surface area contributed by atoms with E-state index in [4.69, 9.17) is 4.74 Å². The van der Waals surface area contributed by atoms with E-state index < -0.39 is 0 Å². The van der Waals surface area contributed by atoms with Gasteiger partial charge in [-0.25, -0.2) is 0 Å². The maximum atomic E-state index is 5.71. The zero-order valence-corrected chi connectivity index (χ0v) is 11.7. The third kappa shape index (κ3) is 2.56. The number of benzene rings is 2. The minimum Gasteiger partial charge on any atom is -0.493 e. The molecule has 2 nitrogen and oxygen atoms in total. The molecule has 2 aromatic carbocycles. The number of ether oxygens (including phenoxy) is 1. The Balaban J connectivity index is 1.71. The van der Waals surface area contributed by atoms with Crippen molar-refractivity contribution in [3.63, 3.8) is 0 Å². The summed E-state index contributed by atoms with van der Waals surface area (Å²) in [6.07, 6.45) is 2.11. The van der Waals surface area contributed by atoms with Crippen LogP contribution in [-0.4, -0.2) is 19.4 Å². The van der Waals surface area contributed by atoms with Gasteiger partial charge in [0, 0.05) is 28.6 Å². The number of rotatable bonds is 4. The predicted octanol–water partition coefficient (Wildman–Crippen LogP) is 4.00. The van der Waals surface area contributed by atoms with E-state index in [0.29, 0.717) is 5.92 Å². The first-order valence-corrected chi connectivity index (χ1v) is 7.69. The van der Waals surface area contributed by atoms with Gasteiger partial charge in [0.15, 0.2) is 0 Å². The lowest BCUT2D eigenvalue weighted by molar-refractivity contribution is 0.334. The summed E-state index contributed by atoms with van der Waals surface area (Å²) >= 11 is 1.77. The van der Waals surface area contributed by atoms with Crippen LogP contribution in [-0.2, 0) is 0 Å². The Bertz CT molecular complexity index is 570. The summed E-state index contributed by atoms with van der Waals surface area (Å²) in [7, 11) is 0. The van der Waals surface area contributed by atoms with Gasteiger partial charge in [-0.1, -0.05) is 30.3 Å². The quantitative estimate of drug-likeness (QED) is 0.849. The lowest BCUT2D eigenvalue weighted by atomic mass is 10.0. The maximum Gasteiger partial charge on any atom is 0.122 e. The van der Waals surface area contributed by atoms with Gasteiger partial charge in [-0.2, -0.15) is 0 Å². The van der Waals surface area contributed by atoms with Crippen LogP contribution in [0.5, 0.6) is 5.75 Å². The molecule has 0 spiro atoms. The molecule has 0 bridgehead atoms. The van der Waals surface area contributed by atoms with Crippen LogP contribution in [0.15, 0.2) is 53.4 Å². The Kier molecular flexibility index (Phi) is 3.65. The second-order valence-electron chi connectivity index (χ2n) is 4.63. The Morgan fingerprint density at radius 2 is 1.95 bits per heavy atom. The Morgan fingerprint density at radius 3 is 2.84 bits per heavy atom. The molecule has 1 heterocycles. The molecule has 3 rings (SSSR count). The van der Waals surface area contributed by atoms with Gasteiger partial charge in [0.05, 0.1) is 6.61 Å². The van der Waals surface area contributed by atoms with Crippen LogP contribution in [0.2, 0.25) is 0 Å². The van der Waals surface area contributed by atoms with E-state index in [0.717, 1.165) is 18.9 Å². The molecule has 98 valence electrons. The van der Waals surface area contributed by atoms with Gasteiger partial charge >= 0.3 is 0 Å². The molecule has 1 atom stereocenters. The van der Waals surface area contributed by atoms with Crippen LogP contribution in [0.3, 0.4) is 0 Å². The van der Waals surface area contributed by atoms with Crippen LogP contribution in [0.1, 0.15) is 11.5 Å². The Morgan fingerprint density at radius 1 is 1.16 bits per heavy atom. The fraction of sp³-hybridized carbons (Fsp3) is 0.250. The molecule has 3 heteroatoms. The molecule has 19 heavy (non-hydrogen) atoms. The molecule has 0 amide bonds. The number of thioether (sulfide) groups is 1. The van der Waals surface area contributed by atoms with Crippen molar-refractivity contribution in [2.75, 3.05) is 24.7 Å². The summed E-state index contributed by atoms with van der Waals surface area (Å²) in [6.45, 7) is 1.68. The summed E-state index contributed by atoms with van der Waals surface area (Å²) in [6, 6.07) is 16.7. The number of nitrogens with one attached hydrogen (secondary N) is 1. The summed E-state index contributed by atoms with van der Waals surface area (Å²) < 4.78 is 5.71. The number of para-hydroxylation sites is 2. The van der Waals surface area contributed by atoms with Gasteiger partial charge in [0.25, 0.3) is 0 Å². The molecule has 0 radical (unpaired) electrons. The number of hydrogen-bond donors (Lipinski definition) is 1. The van der Waals surface area contributed by atoms with E-state index in [1.165, 1.54) is 16.1 Å². The molecular weight excluding hydrogens is 254 g/mol. The van der Waals surface area contributed by atoms with Gasteiger partial charge in [0.1, 0.15) is 5.75 Å². The monoisotopic (exact) mass is 271 g/mol. The largest absolute Gasteiger partial charge is 0.493 e. The van der Waals surface area contributed by atoms with E-state index in [1.54, 1.807) is 11.8 Å². The standard InChI is InChI=1S/C16H17NOS/c1-19-16-9-5-3-7-14(16)17-10-12-11-18-15-8-4-2-6-13(12)15/h2-9,12,17H,10-11H2,1H3. The third-order valence-corrected chi connectivity index (χ3v) is 4.24. The fourth-order valence-corrected chi connectivity index (χ4v) is 3.00. The molecule has 0 saturated carbocycles. The van der Waals surface area contributed by atoms with E-state index in [9.17, 15) is 0 Å². The highest BCUT2D eigenvalue weighted by Crippen LogP contribution is 2.34. The highest BCUT2D eigenvalue weighted by Gasteiger charge is 2.23. The van der Waals surface area contributed by atoms with Crippen molar-refractivity contribution in [2.24, 2.45) is 0 Å². The van der Waals surface area contributed by atoms with E-state index >= 15 is 0 Å². The van der Waals surface area contributed by atoms with Gasteiger partial charge in [-0.05, 0) is 24.5 Å². The average Bonchev–Trinajstić information content (AvgIpc) is 2.89. The second-order valence-corrected chi connectivity index (χ2v) is 5.48. The topological polar surface area (TPSA) is 21.3 Å². The van der Waals surface area contributed by atoms with E-state index in [1.807, 2.05) is 12.1 Å². The SMILES string of the molecule is CSc1ccccc1NCC1COc2ccccc21. The van der Waals surface area contributed by atoms with Crippen LogP contribution < -0.4 is 10.1 Å². The maximum absolute atomic E-state index is 5.71. The minimum atomic E-state index is 0.436. The van der Waals surface area contributed by atoms with Crippen LogP contribution in [0, 0.1) is 0 Å². The summed E-state index contributed by atoms with van der Waals surface area (Å²) in [5.41, 5.74) is 2.52. The molecule has 0 saturated heterocycles. The van der Waals surface area contributed by atoms with Crippen molar-refractivity contribution in [3.05, 3.63) is 54.1 Å². The van der Waals surface area contributed by atoms with Gasteiger partial charge in [-0.15, -0.1) is 11.8 Å². The van der Waals surface area contributed by atoms with Crippen LogP contribution in [0.25, 0.3) is 0 Å². The van der Waals surface area contributed by atoms with Crippen molar-refractivity contribution < 1.29 is 4.74 Å². The first kappa shape index (κ1) is 12.4. The molecule has 1 N–H and O–H groups in total. The molecule has 1 aliphatic heterocycles. The fourth-order valence-electron chi connectivity index (χ4n) is 2.42. The molecular formula is C16H17NOS. The summed E-state index contributed by atoms with van der Waals surface area (Å²) in [5, 5.41) is 3.55. The van der Waals surface area contributed by atoms with Gasteiger partial charge in [-0.3, -0.25) is 0 Å². The molecule has 0 fully saturated rings. The molecule has 2 aromatic rings. The zero-order chi connectivity index (χ0) is 13.1. The minimum absolute atomic E-state index is 0.436. The van der Waals surface area contributed by atoms with Crippen molar-refractivity contribution in [1.82, 2.24) is 0 Å². The smallest absolute Gasteiger partial charge is 0.122 e. The van der Waals surface area contributed by atoms with Gasteiger partial charge < -0.3 is 10.1 Å². The zero-order valence-electron chi connectivity index (χ0n) is 10.9. The summed E-state index contributed by atoms with van der Waals surface area (Å²) in [4.78, 5) is 1.29. The Hall–Kier alpha value is -1.61. The number of fused-ring (bicyclic) bond motifs is 1. The third-order valence-electron chi connectivity index (χ3n) is 3.44. The van der Waals surface area contributed by atoms with Crippen molar-refractivity contribution >= 4 is 17.4 Å². The number of anilines is 1. The highest BCUT2D eigenvalue weighted by atomic mass is 32.2. The van der Waals surface area contributed by atoms with E-state index in [2.05, 4.69) is 48.0 Å². The van der Waals surface area contributed by atoms with E-state index in [-0.39, 0.29) is 0 Å². The number of hydrogen-bond acceptors (Lipinski definition) is 3.